The summed E-state index contributed by atoms with van der Waals surface area (Å²) < 4.78 is 4.52. The van der Waals surface area contributed by atoms with Crippen LogP contribution in [0.2, 0.25) is 0 Å². The second-order valence-corrected chi connectivity index (χ2v) is 5.25. The van der Waals surface area contributed by atoms with Gasteiger partial charge in [0.1, 0.15) is 6.54 Å². The van der Waals surface area contributed by atoms with Crippen LogP contribution in [-0.2, 0) is 20.7 Å². The van der Waals surface area contributed by atoms with Crippen molar-refractivity contribution >= 4 is 11.9 Å². The third kappa shape index (κ3) is 2.11. The van der Waals surface area contributed by atoms with Gasteiger partial charge < -0.3 is 10.1 Å². The molecule has 1 aromatic carbocycles. The molecule has 19 heavy (non-hydrogen) atoms. The van der Waals surface area contributed by atoms with Crippen molar-refractivity contribution < 1.29 is 14.3 Å². The molecule has 0 heterocycles. The molecule has 0 radical (unpaired) electrons. The van der Waals surface area contributed by atoms with Crippen molar-refractivity contribution in [2.24, 2.45) is 11.8 Å². The van der Waals surface area contributed by atoms with Gasteiger partial charge in [0.25, 0.3) is 0 Å². The van der Waals surface area contributed by atoms with E-state index in [1.54, 1.807) is 0 Å². The summed E-state index contributed by atoms with van der Waals surface area (Å²) in [5.41, 5.74) is 2.68. The quantitative estimate of drug-likeness (QED) is 0.831. The smallest absolute Gasteiger partial charge is 0.325 e. The van der Waals surface area contributed by atoms with Gasteiger partial charge in [-0.05, 0) is 35.8 Å². The average molecular weight is 259 g/mol. The first-order valence-corrected chi connectivity index (χ1v) is 6.64. The van der Waals surface area contributed by atoms with E-state index in [0.29, 0.717) is 11.8 Å². The molecule has 0 aromatic heterocycles. The molecule has 100 valence electrons. The number of hydrogen-bond donors (Lipinski definition) is 1. The summed E-state index contributed by atoms with van der Waals surface area (Å²) in [4.78, 5) is 23.1. The monoisotopic (exact) mass is 259 g/mol. The maximum Gasteiger partial charge on any atom is 0.325 e. The average Bonchev–Trinajstić information content (AvgIpc) is 3.19. The first-order chi connectivity index (χ1) is 9.22. The van der Waals surface area contributed by atoms with E-state index in [-0.39, 0.29) is 18.4 Å². The van der Waals surface area contributed by atoms with Crippen molar-refractivity contribution in [1.29, 1.82) is 0 Å². The van der Waals surface area contributed by atoms with Crippen LogP contribution in [0.1, 0.15) is 23.5 Å². The highest BCUT2D eigenvalue weighted by atomic mass is 16.5. The van der Waals surface area contributed by atoms with Crippen LogP contribution < -0.4 is 5.32 Å². The normalized spacial score (nSPS) is 26.9. The number of esters is 1. The Hall–Kier alpha value is -1.84. The van der Waals surface area contributed by atoms with Crippen LogP contribution >= 0.6 is 0 Å². The predicted molar refractivity (Wildman–Crippen MR) is 69.5 cm³/mol. The van der Waals surface area contributed by atoms with Crippen molar-refractivity contribution in [1.82, 2.24) is 5.32 Å². The number of aryl methyl sites for hydroxylation is 1. The molecule has 1 fully saturated rings. The molecule has 1 N–H and O–H groups in total. The fraction of sp³-hybridized carbons (Fsp3) is 0.467. The van der Waals surface area contributed by atoms with Gasteiger partial charge >= 0.3 is 5.97 Å². The maximum atomic E-state index is 12.1. The van der Waals surface area contributed by atoms with Gasteiger partial charge in [0.15, 0.2) is 0 Å². The van der Waals surface area contributed by atoms with Gasteiger partial charge in [0.2, 0.25) is 5.91 Å². The lowest BCUT2D eigenvalue weighted by atomic mass is 9.92. The highest BCUT2D eigenvalue weighted by molar-refractivity contribution is 5.87. The van der Waals surface area contributed by atoms with Crippen LogP contribution in [-0.4, -0.2) is 25.5 Å². The van der Waals surface area contributed by atoms with E-state index < -0.39 is 5.97 Å². The lowest BCUT2D eigenvalue weighted by Crippen LogP contribution is -2.31. The molecule has 1 saturated carbocycles. The van der Waals surface area contributed by atoms with Crippen molar-refractivity contribution in [2.75, 3.05) is 13.7 Å². The lowest BCUT2D eigenvalue weighted by Gasteiger charge is -2.13. The fourth-order valence-electron chi connectivity index (χ4n) is 3.27. The molecule has 0 saturated heterocycles. The summed E-state index contributed by atoms with van der Waals surface area (Å²) in [6.45, 7) is -0.0348. The minimum absolute atomic E-state index is 0.0166. The van der Waals surface area contributed by atoms with Gasteiger partial charge in [0, 0.05) is 5.92 Å². The van der Waals surface area contributed by atoms with Crippen molar-refractivity contribution in [2.45, 2.75) is 18.8 Å². The van der Waals surface area contributed by atoms with E-state index >= 15 is 0 Å². The van der Waals surface area contributed by atoms with Crippen LogP contribution in [0.5, 0.6) is 0 Å². The number of rotatable bonds is 3. The second kappa shape index (κ2) is 4.68. The van der Waals surface area contributed by atoms with E-state index in [1.165, 1.54) is 18.2 Å². The second-order valence-electron chi connectivity index (χ2n) is 5.25. The van der Waals surface area contributed by atoms with Crippen molar-refractivity contribution in [3.8, 4) is 0 Å². The van der Waals surface area contributed by atoms with E-state index in [0.717, 1.165) is 12.8 Å². The zero-order valence-corrected chi connectivity index (χ0v) is 10.9. The molecule has 3 rings (SSSR count). The predicted octanol–water partition coefficient (Wildman–Crippen LogP) is 1.25. The number of nitrogens with one attached hydrogen (secondary N) is 1. The number of fused-ring (bicyclic) bond motifs is 3. The number of methoxy groups -OCH3 is 1. The number of amides is 1. The SMILES string of the molecule is COC(=O)CNC(=O)C1C2CCc3ccccc3C21. The molecule has 3 unspecified atom stereocenters. The van der Waals surface area contributed by atoms with E-state index in [9.17, 15) is 9.59 Å². The number of benzene rings is 1. The van der Waals surface area contributed by atoms with Crippen molar-refractivity contribution in [3.05, 3.63) is 35.4 Å². The first kappa shape index (κ1) is 12.2. The Labute approximate surface area is 112 Å². The topological polar surface area (TPSA) is 55.4 Å². The van der Waals surface area contributed by atoms with E-state index in [2.05, 4.69) is 22.2 Å². The number of hydrogen-bond acceptors (Lipinski definition) is 3. The van der Waals surface area contributed by atoms with Gasteiger partial charge in [-0.1, -0.05) is 24.3 Å². The molecular formula is C15H17NO3. The van der Waals surface area contributed by atoms with Gasteiger partial charge in [-0.25, -0.2) is 0 Å². The number of carbonyl (C=O) groups is 2. The van der Waals surface area contributed by atoms with Gasteiger partial charge in [-0.2, -0.15) is 0 Å². The highest BCUT2D eigenvalue weighted by Gasteiger charge is 2.56. The summed E-state index contributed by atoms with van der Waals surface area (Å²) in [6, 6.07) is 8.35. The van der Waals surface area contributed by atoms with Gasteiger partial charge in [-0.15, -0.1) is 0 Å². The number of carbonyl (C=O) groups excluding carboxylic acids is 2. The molecule has 0 bridgehead atoms. The van der Waals surface area contributed by atoms with Crippen LogP contribution in [0.4, 0.5) is 0 Å². The Morgan fingerprint density at radius 1 is 1.37 bits per heavy atom. The van der Waals surface area contributed by atoms with Crippen LogP contribution in [0, 0.1) is 11.8 Å². The summed E-state index contributed by atoms with van der Waals surface area (Å²) >= 11 is 0. The Morgan fingerprint density at radius 3 is 2.95 bits per heavy atom. The third-order valence-electron chi connectivity index (χ3n) is 4.27. The summed E-state index contributed by atoms with van der Waals surface area (Å²) in [7, 11) is 1.32. The molecule has 0 spiro atoms. The Kier molecular flexibility index (Phi) is 3.01. The largest absolute Gasteiger partial charge is 0.468 e. The molecule has 3 atom stereocenters. The van der Waals surface area contributed by atoms with Crippen LogP contribution in [0.25, 0.3) is 0 Å². The van der Waals surface area contributed by atoms with E-state index in [1.807, 2.05) is 12.1 Å². The maximum absolute atomic E-state index is 12.1. The Bertz CT molecular complexity index is 526. The minimum atomic E-state index is -0.405. The molecule has 0 aliphatic heterocycles. The molecule has 4 heteroatoms. The Morgan fingerprint density at radius 2 is 2.16 bits per heavy atom. The summed E-state index contributed by atoms with van der Waals surface area (Å²) in [5.74, 6) is 0.415. The standard InChI is InChI=1S/C15H17NO3/c1-19-12(17)8-16-15(18)14-11-7-6-9-4-2-3-5-10(9)13(11)14/h2-5,11,13-14H,6-8H2,1H3,(H,16,18). The fourth-order valence-corrected chi connectivity index (χ4v) is 3.27. The van der Waals surface area contributed by atoms with Crippen molar-refractivity contribution in [3.63, 3.8) is 0 Å². The molecule has 1 amide bonds. The van der Waals surface area contributed by atoms with Gasteiger partial charge in [0.05, 0.1) is 7.11 Å². The molecular weight excluding hydrogens is 242 g/mol. The molecule has 2 aliphatic carbocycles. The lowest BCUT2D eigenvalue weighted by molar-refractivity contribution is -0.141. The summed E-state index contributed by atoms with van der Waals surface area (Å²) in [6.07, 6.45) is 2.12. The molecule has 4 nitrogen and oxygen atoms in total. The van der Waals surface area contributed by atoms with Crippen LogP contribution in [0.3, 0.4) is 0 Å². The molecule has 2 aliphatic rings. The number of ether oxygens (including phenoxy) is 1. The highest BCUT2D eigenvalue weighted by Crippen LogP contribution is 2.59. The van der Waals surface area contributed by atoms with Gasteiger partial charge in [-0.3, -0.25) is 9.59 Å². The zero-order chi connectivity index (χ0) is 13.4. The van der Waals surface area contributed by atoms with Crippen LogP contribution in [0.15, 0.2) is 24.3 Å². The third-order valence-corrected chi connectivity index (χ3v) is 4.27. The zero-order valence-electron chi connectivity index (χ0n) is 10.9. The first-order valence-electron chi connectivity index (χ1n) is 6.64. The Balaban J connectivity index is 1.67. The van der Waals surface area contributed by atoms with E-state index in [4.69, 9.17) is 0 Å². The summed E-state index contributed by atoms with van der Waals surface area (Å²) in [5, 5.41) is 2.67. The molecule has 1 aromatic rings. The minimum Gasteiger partial charge on any atom is -0.468 e.